The van der Waals surface area contributed by atoms with Gasteiger partial charge in [-0.15, -0.1) is 16.7 Å². The molecular weight excluding hydrogens is 253 g/mol. The van der Waals surface area contributed by atoms with E-state index < -0.39 is 0 Å². The predicted molar refractivity (Wildman–Crippen MR) is 52.4 cm³/mol. The van der Waals surface area contributed by atoms with Crippen molar-refractivity contribution in [3.8, 4) is 5.75 Å². The molecule has 2 nitrogen and oxygen atoms in total. The summed E-state index contributed by atoms with van der Waals surface area (Å²) < 4.78 is 0. The monoisotopic (exact) mass is 268 g/mol. The Morgan fingerprint density at radius 3 is 1.71 bits per heavy atom. The van der Waals surface area contributed by atoms with Gasteiger partial charge in [0.2, 0.25) is 0 Å². The van der Waals surface area contributed by atoms with Gasteiger partial charge < -0.3 is 10.2 Å². The van der Waals surface area contributed by atoms with Crippen LogP contribution in [0.3, 0.4) is 0 Å². The SMILES string of the molecule is Cc1c(C)c(C)c([CH-]O)c(O)c1C.[Y]. The summed E-state index contributed by atoms with van der Waals surface area (Å²) in [6.07, 6.45) is 0. The minimum atomic E-state index is 0. The molecule has 0 fully saturated rings. The topological polar surface area (TPSA) is 40.5 Å². The molecule has 0 aliphatic carbocycles. The molecule has 1 radical (unpaired) electrons. The number of aromatic hydroxyl groups is 1. The molecule has 3 heteroatoms. The minimum absolute atomic E-state index is 0. The molecule has 0 aliphatic heterocycles. The molecule has 0 unspecified atom stereocenters. The Morgan fingerprint density at radius 2 is 1.29 bits per heavy atom. The number of hydrogen-bond acceptors (Lipinski definition) is 2. The van der Waals surface area contributed by atoms with Crippen molar-refractivity contribution in [2.75, 3.05) is 0 Å². The number of hydrogen-bond donors (Lipinski definition) is 2. The first-order chi connectivity index (χ1) is 6.00. The molecule has 14 heavy (non-hydrogen) atoms. The summed E-state index contributed by atoms with van der Waals surface area (Å²) in [6.45, 7) is 8.67. The summed E-state index contributed by atoms with van der Waals surface area (Å²) in [5.74, 6) is 0.183. The number of rotatable bonds is 1. The van der Waals surface area contributed by atoms with Gasteiger partial charge in [0.25, 0.3) is 0 Å². The predicted octanol–water partition coefficient (Wildman–Crippen LogP) is 2.51. The van der Waals surface area contributed by atoms with Gasteiger partial charge in [0.1, 0.15) is 0 Å². The molecule has 0 saturated heterocycles. The van der Waals surface area contributed by atoms with Crippen molar-refractivity contribution < 1.29 is 42.9 Å². The fourth-order valence-corrected chi connectivity index (χ4v) is 1.48. The first-order valence-corrected chi connectivity index (χ1v) is 4.27. The van der Waals surface area contributed by atoms with E-state index in [0.29, 0.717) is 5.56 Å². The second-order valence-corrected chi connectivity index (χ2v) is 3.39. The second kappa shape index (κ2) is 5.15. The third-order valence-electron chi connectivity index (χ3n) is 2.83. The molecule has 0 heterocycles. The van der Waals surface area contributed by atoms with Crippen LogP contribution in [0.1, 0.15) is 27.8 Å². The molecule has 0 saturated carbocycles. The van der Waals surface area contributed by atoms with Crippen molar-refractivity contribution in [3.05, 3.63) is 34.4 Å². The van der Waals surface area contributed by atoms with Gasteiger partial charge in [-0.25, -0.2) is 0 Å². The van der Waals surface area contributed by atoms with Crippen LogP contribution >= 0.6 is 0 Å². The van der Waals surface area contributed by atoms with Crippen molar-refractivity contribution in [1.29, 1.82) is 0 Å². The van der Waals surface area contributed by atoms with E-state index in [4.69, 9.17) is 5.11 Å². The number of phenols is 1. The Balaban J connectivity index is 0.00000169. The molecule has 1 aromatic carbocycles. The van der Waals surface area contributed by atoms with Crippen LogP contribution < -0.4 is 0 Å². The Morgan fingerprint density at radius 1 is 0.857 bits per heavy atom. The fraction of sp³-hybridized carbons (Fsp3) is 0.364. The molecule has 0 atom stereocenters. The van der Waals surface area contributed by atoms with Gasteiger partial charge in [-0.1, -0.05) is 31.6 Å². The van der Waals surface area contributed by atoms with Gasteiger partial charge in [-0.2, -0.15) is 0 Å². The van der Waals surface area contributed by atoms with Crippen LogP contribution in [-0.4, -0.2) is 10.2 Å². The summed E-state index contributed by atoms with van der Waals surface area (Å²) in [7, 11) is 0. The Labute approximate surface area is 110 Å². The van der Waals surface area contributed by atoms with E-state index in [0.717, 1.165) is 28.9 Å². The number of phenolic OH excluding ortho intramolecular Hbond substituents is 1. The standard InChI is InChI=1S/C11H15O2.Y/c1-6-7(2)9(4)11(13)10(5-12)8(6)3;/h5,12-13H,1-4H3;/q-1;. The summed E-state index contributed by atoms with van der Waals surface area (Å²) in [5, 5.41) is 18.6. The van der Waals surface area contributed by atoms with Crippen molar-refractivity contribution >= 4 is 0 Å². The van der Waals surface area contributed by atoms with Crippen LogP contribution in [0.25, 0.3) is 0 Å². The first kappa shape index (κ1) is 14.0. The van der Waals surface area contributed by atoms with Gasteiger partial charge in [0, 0.05) is 38.5 Å². The van der Waals surface area contributed by atoms with E-state index in [1.165, 1.54) is 0 Å². The third kappa shape index (κ3) is 2.13. The Kier molecular flexibility index (Phi) is 5.14. The summed E-state index contributed by atoms with van der Waals surface area (Å²) in [4.78, 5) is 0. The number of benzene rings is 1. The maximum Gasteiger partial charge on any atom is 0.0161 e. The van der Waals surface area contributed by atoms with Gasteiger partial charge in [-0.05, 0) is 13.8 Å². The molecule has 2 N–H and O–H groups in total. The van der Waals surface area contributed by atoms with Gasteiger partial charge in [0.05, 0.1) is 0 Å². The normalized spacial score (nSPS) is 9.50. The van der Waals surface area contributed by atoms with Crippen LogP contribution in [0.5, 0.6) is 5.75 Å². The van der Waals surface area contributed by atoms with Crippen LogP contribution in [0.4, 0.5) is 0 Å². The van der Waals surface area contributed by atoms with Gasteiger partial charge >= 0.3 is 0 Å². The molecule has 0 spiro atoms. The van der Waals surface area contributed by atoms with Crippen LogP contribution in [0.15, 0.2) is 0 Å². The maximum atomic E-state index is 9.69. The molecule has 0 aromatic heterocycles. The van der Waals surface area contributed by atoms with Crippen LogP contribution in [-0.2, 0) is 32.7 Å². The maximum absolute atomic E-state index is 9.69. The molecule has 0 bridgehead atoms. The zero-order chi connectivity index (χ0) is 10.2. The van der Waals surface area contributed by atoms with Gasteiger partial charge in [0.15, 0.2) is 0 Å². The molecule has 1 aromatic rings. The molecule has 0 amide bonds. The van der Waals surface area contributed by atoms with Crippen LogP contribution in [0, 0.1) is 34.3 Å². The fourth-order valence-electron chi connectivity index (χ4n) is 1.48. The smallest absolute Gasteiger partial charge is 0.0161 e. The summed E-state index contributed by atoms with van der Waals surface area (Å²) >= 11 is 0. The minimum Gasteiger partial charge on any atom is -0.565 e. The second-order valence-electron chi connectivity index (χ2n) is 3.39. The summed E-state index contributed by atoms with van der Waals surface area (Å²) in [5.41, 5.74) is 4.50. The van der Waals surface area contributed by atoms with E-state index >= 15 is 0 Å². The third-order valence-corrected chi connectivity index (χ3v) is 2.83. The largest absolute Gasteiger partial charge is 0.565 e. The number of aliphatic hydroxyl groups is 1. The Bertz CT molecular complexity index is 317. The van der Waals surface area contributed by atoms with E-state index in [1.54, 1.807) is 0 Å². The molecule has 1 rings (SSSR count). The van der Waals surface area contributed by atoms with E-state index in [9.17, 15) is 5.11 Å². The van der Waals surface area contributed by atoms with Crippen molar-refractivity contribution in [3.63, 3.8) is 0 Å². The zero-order valence-electron chi connectivity index (χ0n) is 9.05. The molecule has 75 valence electrons. The molecule has 0 aliphatic rings. The Hall–Kier alpha value is -0.0461. The first-order valence-electron chi connectivity index (χ1n) is 4.27. The van der Waals surface area contributed by atoms with E-state index in [2.05, 4.69) is 0 Å². The average Bonchev–Trinajstić information content (AvgIpc) is 2.13. The van der Waals surface area contributed by atoms with Crippen molar-refractivity contribution in [2.45, 2.75) is 27.7 Å². The van der Waals surface area contributed by atoms with Crippen molar-refractivity contribution in [2.24, 2.45) is 0 Å². The van der Waals surface area contributed by atoms with Crippen molar-refractivity contribution in [1.82, 2.24) is 0 Å². The van der Waals surface area contributed by atoms with Crippen LogP contribution in [0.2, 0.25) is 0 Å². The summed E-state index contributed by atoms with van der Waals surface area (Å²) in [6, 6.07) is 0. The molecular formula is C11H15O2Y-. The van der Waals surface area contributed by atoms with Gasteiger partial charge in [-0.3, -0.25) is 0 Å². The quantitative estimate of drug-likeness (QED) is 0.768. The van der Waals surface area contributed by atoms with E-state index in [-0.39, 0.29) is 38.5 Å². The number of aliphatic hydroxyl groups excluding tert-OH is 1. The zero-order valence-corrected chi connectivity index (χ0v) is 11.9. The van der Waals surface area contributed by atoms with E-state index in [1.807, 2.05) is 27.7 Å². The average molecular weight is 268 g/mol.